The molecular weight excluding hydrogens is 305 g/mol. The van der Waals surface area contributed by atoms with Gasteiger partial charge in [-0.25, -0.2) is 4.39 Å². The van der Waals surface area contributed by atoms with Crippen LogP contribution in [0.4, 0.5) is 4.39 Å². The summed E-state index contributed by atoms with van der Waals surface area (Å²) in [5, 5.41) is 14.1. The lowest BCUT2D eigenvalue weighted by Crippen LogP contribution is -2.07. The predicted octanol–water partition coefficient (Wildman–Crippen LogP) is 3.62. The van der Waals surface area contributed by atoms with Gasteiger partial charge >= 0.3 is 0 Å². The summed E-state index contributed by atoms with van der Waals surface area (Å²) < 4.78 is 15.2. The number of aromatic nitrogens is 3. The number of hydrogen-bond donors (Lipinski definition) is 1. The van der Waals surface area contributed by atoms with Gasteiger partial charge in [-0.2, -0.15) is 5.10 Å². The maximum absolute atomic E-state index is 13.3. The Labute approximate surface area is 139 Å². The first-order valence-electron chi connectivity index (χ1n) is 8.17. The highest BCUT2D eigenvalue weighted by Crippen LogP contribution is 2.47. The molecule has 1 N–H and O–H groups in total. The average molecular weight is 323 g/mol. The van der Waals surface area contributed by atoms with Gasteiger partial charge in [0.25, 0.3) is 0 Å². The second-order valence-electron chi connectivity index (χ2n) is 6.05. The van der Waals surface area contributed by atoms with E-state index in [-0.39, 0.29) is 12.4 Å². The van der Waals surface area contributed by atoms with E-state index in [0.717, 1.165) is 41.1 Å². The van der Waals surface area contributed by atoms with Crippen molar-refractivity contribution < 1.29 is 9.50 Å². The molecule has 3 aromatic rings. The molecule has 5 heteroatoms. The zero-order valence-electron chi connectivity index (χ0n) is 13.2. The van der Waals surface area contributed by atoms with E-state index in [1.54, 1.807) is 18.3 Å². The highest BCUT2D eigenvalue weighted by Gasteiger charge is 2.33. The molecule has 24 heavy (non-hydrogen) atoms. The number of halogens is 1. The molecule has 122 valence electrons. The summed E-state index contributed by atoms with van der Waals surface area (Å²) in [5.41, 5.74) is 4.64. The Morgan fingerprint density at radius 3 is 2.54 bits per heavy atom. The smallest absolute Gasteiger partial charge is 0.123 e. The average Bonchev–Trinajstić information content (AvgIpc) is 3.38. The number of hydrogen-bond acceptors (Lipinski definition) is 3. The van der Waals surface area contributed by atoms with Gasteiger partial charge in [0.15, 0.2) is 0 Å². The highest BCUT2D eigenvalue weighted by molar-refractivity contribution is 5.81. The molecule has 2 heterocycles. The van der Waals surface area contributed by atoms with Crippen molar-refractivity contribution in [2.24, 2.45) is 0 Å². The van der Waals surface area contributed by atoms with Crippen molar-refractivity contribution in [1.82, 2.24) is 14.8 Å². The number of aliphatic hydroxyl groups is 1. The molecule has 1 aromatic carbocycles. The molecule has 4 rings (SSSR count). The number of pyridine rings is 1. The zero-order valence-corrected chi connectivity index (χ0v) is 13.2. The minimum atomic E-state index is -0.268. The second kappa shape index (κ2) is 6.17. The van der Waals surface area contributed by atoms with Crippen LogP contribution in [0.5, 0.6) is 0 Å². The molecule has 1 aliphatic carbocycles. The third-order valence-corrected chi connectivity index (χ3v) is 4.31. The molecule has 0 aliphatic heterocycles. The predicted molar refractivity (Wildman–Crippen MR) is 89.9 cm³/mol. The molecule has 0 unspecified atom stereocenters. The molecule has 0 amide bonds. The molecule has 0 spiro atoms. The van der Waals surface area contributed by atoms with E-state index in [1.165, 1.54) is 12.1 Å². The first-order chi connectivity index (χ1) is 11.8. The van der Waals surface area contributed by atoms with Crippen molar-refractivity contribution in [3.63, 3.8) is 0 Å². The minimum Gasteiger partial charge on any atom is -0.394 e. The van der Waals surface area contributed by atoms with E-state index in [9.17, 15) is 9.50 Å². The summed E-state index contributed by atoms with van der Waals surface area (Å²) in [6.07, 6.45) is 4.02. The Bertz CT molecular complexity index is 839. The highest BCUT2D eigenvalue weighted by atomic mass is 19.1. The van der Waals surface area contributed by atoms with Crippen LogP contribution >= 0.6 is 0 Å². The van der Waals surface area contributed by atoms with Crippen molar-refractivity contribution in [1.29, 1.82) is 0 Å². The molecule has 2 aromatic heterocycles. The normalized spacial score (nSPS) is 14.1. The molecule has 1 aliphatic rings. The lowest BCUT2D eigenvalue weighted by molar-refractivity contribution is 0.267. The van der Waals surface area contributed by atoms with Crippen molar-refractivity contribution >= 4 is 0 Å². The van der Waals surface area contributed by atoms with Crippen LogP contribution in [-0.2, 0) is 6.54 Å². The van der Waals surface area contributed by atoms with E-state index in [0.29, 0.717) is 12.5 Å². The van der Waals surface area contributed by atoms with Crippen LogP contribution in [0.3, 0.4) is 0 Å². The Hall–Kier alpha value is -2.53. The van der Waals surface area contributed by atoms with Gasteiger partial charge in [-0.1, -0.05) is 6.07 Å². The monoisotopic (exact) mass is 323 g/mol. The van der Waals surface area contributed by atoms with Gasteiger partial charge < -0.3 is 5.11 Å². The minimum absolute atomic E-state index is 0.0336. The standard InChI is InChI=1S/C19H18FN3O/c20-15-8-6-13(7-9-15)18-17(16-3-1-2-10-21-16)19(14-4-5-14)23(22-18)11-12-24/h1-3,6-10,14,24H,4-5,11-12H2. The van der Waals surface area contributed by atoms with Crippen molar-refractivity contribution in [3.05, 3.63) is 60.2 Å². The molecule has 1 saturated carbocycles. The van der Waals surface area contributed by atoms with Crippen LogP contribution < -0.4 is 0 Å². The number of benzene rings is 1. The maximum Gasteiger partial charge on any atom is 0.123 e. The van der Waals surface area contributed by atoms with Gasteiger partial charge in [-0.05, 0) is 49.2 Å². The van der Waals surface area contributed by atoms with E-state index in [4.69, 9.17) is 5.10 Å². The molecule has 0 atom stereocenters. The van der Waals surface area contributed by atoms with Gasteiger partial charge in [0.2, 0.25) is 0 Å². The van der Waals surface area contributed by atoms with E-state index < -0.39 is 0 Å². The van der Waals surface area contributed by atoms with Crippen LogP contribution in [0.25, 0.3) is 22.5 Å². The molecule has 0 saturated heterocycles. The lowest BCUT2D eigenvalue weighted by atomic mass is 10.0. The summed E-state index contributed by atoms with van der Waals surface area (Å²) in [5.74, 6) is 0.186. The van der Waals surface area contributed by atoms with E-state index >= 15 is 0 Å². The second-order valence-corrected chi connectivity index (χ2v) is 6.05. The van der Waals surface area contributed by atoms with Gasteiger partial charge in [0.1, 0.15) is 11.5 Å². The molecule has 4 nitrogen and oxygen atoms in total. The number of aliphatic hydroxyl groups excluding tert-OH is 1. The van der Waals surface area contributed by atoms with Crippen LogP contribution in [0.1, 0.15) is 24.5 Å². The summed E-state index contributed by atoms with van der Waals surface area (Å²) in [4.78, 5) is 4.51. The Morgan fingerprint density at radius 1 is 1.12 bits per heavy atom. The number of nitrogens with zero attached hydrogens (tertiary/aromatic N) is 3. The van der Waals surface area contributed by atoms with Gasteiger partial charge in [-0.3, -0.25) is 9.67 Å². The summed E-state index contributed by atoms with van der Waals surface area (Å²) in [7, 11) is 0. The fourth-order valence-corrected chi connectivity index (χ4v) is 3.08. The molecular formula is C19H18FN3O. The van der Waals surface area contributed by atoms with Gasteiger partial charge in [0.05, 0.1) is 24.5 Å². The van der Waals surface area contributed by atoms with Crippen molar-refractivity contribution in [3.8, 4) is 22.5 Å². The topological polar surface area (TPSA) is 50.9 Å². The molecule has 1 fully saturated rings. The maximum atomic E-state index is 13.3. The van der Waals surface area contributed by atoms with Crippen molar-refractivity contribution in [2.75, 3.05) is 6.61 Å². The van der Waals surface area contributed by atoms with Crippen LogP contribution in [0.15, 0.2) is 48.7 Å². The Morgan fingerprint density at radius 2 is 1.92 bits per heavy atom. The quantitative estimate of drug-likeness (QED) is 0.780. The lowest BCUT2D eigenvalue weighted by Gasteiger charge is -2.07. The Balaban J connectivity index is 1.94. The summed E-state index contributed by atoms with van der Waals surface area (Å²) >= 11 is 0. The molecule has 0 radical (unpaired) electrons. The van der Waals surface area contributed by atoms with Crippen LogP contribution in [0, 0.1) is 5.82 Å². The third kappa shape index (κ3) is 2.71. The third-order valence-electron chi connectivity index (χ3n) is 4.31. The van der Waals surface area contributed by atoms with E-state index in [1.807, 2.05) is 22.9 Å². The van der Waals surface area contributed by atoms with Gasteiger partial charge in [0, 0.05) is 23.2 Å². The first kappa shape index (κ1) is 15.0. The largest absolute Gasteiger partial charge is 0.394 e. The first-order valence-corrected chi connectivity index (χ1v) is 8.17. The zero-order chi connectivity index (χ0) is 16.5. The SMILES string of the molecule is OCCn1nc(-c2ccc(F)cc2)c(-c2ccccn2)c1C1CC1. The number of rotatable bonds is 5. The summed E-state index contributed by atoms with van der Waals surface area (Å²) in [6.45, 7) is 0.485. The van der Waals surface area contributed by atoms with Crippen LogP contribution in [-0.4, -0.2) is 26.5 Å². The van der Waals surface area contributed by atoms with Gasteiger partial charge in [-0.15, -0.1) is 0 Å². The fraction of sp³-hybridized carbons (Fsp3) is 0.263. The van der Waals surface area contributed by atoms with Crippen LogP contribution in [0.2, 0.25) is 0 Å². The Kier molecular flexibility index (Phi) is 3.86. The summed E-state index contributed by atoms with van der Waals surface area (Å²) in [6, 6.07) is 12.2. The van der Waals surface area contributed by atoms with Crippen molar-refractivity contribution in [2.45, 2.75) is 25.3 Å². The molecule has 0 bridgehead atoms. The fourth-order valence-electron chi connectivity index (χ4n) is 3.08. The van der Waals surface area contributed by atoms with E-state index in [2.05, 4.69) is 4.98 Å².